The van der Waals surface area contributed by atoms with E-state index in [4.69, 9.17) is 0 Å². The fraction of sp³-hybridized carbons (Fsp3) is 0.643. The van der Waals surface area contributed by atoms with E-state index in [0.29, 0.717) is 11.6 Å². The number of likely N-dealkylation sites (tertiary alicyclic amines) is 1. The Morgan fingerprint density at radius 2 is 2.20 bits per heavy atom. The Bertz CT molecular complexity index is 447. The number of hydrogen-bond acceptors (Lipinski definition) is 5. The third-order valence-electron chi connectivity index (χ3n) is 3.66. The molecule has 0 radical (unpaired) electrons. The van der Waals surface area contributed by atoms with Crippen LogP contribution in [0.1, 0.15) is 26.2 Å². The maximum atomic E-state index is 10.9. The highest BCUT2D eigenvalue weighted by molar-refractivity contribution is 5.59. The van der Waals surface area contributed by atoms with E-state index < -0.39 is 4.92 Å². The highest BCUT2D eigenvalue weighted by Gasteiger charge is 2.16. The average molecular weight is 278 g/mol. The Labute approximate surface area is 119 Å². The number of nitrogens with one attached hydrogen (secondary N) is 1. The Hall–Kier alpha value is -1.69. The molecule has 20 heavy (non-hydrogen) atoms. The molecular weight excluding hydrogens is 256 g/mol. The zero-order chi connectivity index (χ0) is 14.4. The van der Waals surface area contributed by atoms with Gasteiger partial charge in [0.25, 0.3) is 0 Å². The van der Waals surface area contributed by atoms with Crippen LogP contribution in [0.3, 0.4) is 0 Å². The zero-order valence-electron chi connectivity index (χ0n) is 11.9. The monoisotopic (exact) mass is 278 g/mol. The molecule has 0 spiro atoms. The van der Waals surface area contributed by atoms with Gasteiger partial charge in [0.2, 0.25) is 0 Å². The third kappa shape index (κ3) is 4.16. The van der Waals surface area contributed by atoms with E-state index in [2.05, 4.69) is 22.1 Å². The van der Waals surface area contributed by atoms with Crippen molar-refractivity contribution in [3.8, 4) is 0 Å². The lowest BCUT2D eigenvalue weighted by Gasteiger charge is -2.29. The Balaban J connectivity index is 1.83. The summed E-state index contributed by atoms with van der Waals surface area (Å²) in [5.74, 6) is 0.459. The maximum Gasteiger partial charge on any atom is 0.310 e. The number of hydrogen-bond donors (Lipinski definition) is 1. The molecule has 1 aromatic rings. The van der Waals surface area contributed by atoms with Gasteiger partial charge in [-0.05, 0) is 37.9 Å². The first-order valence-electron chi connectivity index (χ1n) is 7.21. The molecule has 0 aliphatic carbocycles. The van der Waals surface area contributed by atoms with Gasteiger partial charge in [0.05, 0.1) is 4.92 Å². The Morgan fingerprint density at radius 1 is 1.45 bits per heavy atom. The largest absolute Gasteiger partial charge is 0.379 e. The number of rotatable bonds is 6. The lowest BCUT2D eigenvalue weighted by molar-refractivity contribution is -0.384. The predicted molar refractivity (Wildman–Crippen MR) is 78.8 cm³/mol. The molecule has 1 aliphatic rings. The van der Waals surface area contributed by atoms with Crippen molar-refractivity contribution in [2.24, 2.45) is 5.92 Å². The van der Waals surface area contributed by atoms with Crippen molar-refractivity contribution in [2.75, 3.05) is 31.5 Å². The van der Waals surface area contributed by atoms with Gasteiger partial charge in [-0.3, -0.25) is 15.1 Å². The molecular formula is C14H22N4O2. The molecule has 2 heterocycles. The molecule has 1 N–H and O–H groups in total. The summed E-state index contributed by atoms with van der Waals surface area (Å²) in [6.45, 7) is 6.32. The summed E-state index contributed by atoms with van der Waals surface area (Å²) in [7, 11) is 0. The molecule has 1 fully saturated rings. The van der Waals surface area contributed by atoms with Gasteiger partial charge in [-0.1, -0.05) is 13.3 Å². The average Bonchev–Trinajstić information content (AvgIpc) is 2.46. The molecule has 1 atom stereocenters. The minimum Gasteiger partial charge on any atom is -0.379 e. The van der Waals surface area contributed by atoms with Crippen molar-refractivity contribution in [3.05, 3.63) is 28.6 Å². The summed E-state index contributed by atoms with van der Waals surface area (Å²) in [6.07, 6.45) is 6.78. The summed E-state index contributed by atoms with van der Waals surface area (Å²) in [4.78, 5) is 16.8. The smallest absolute Gasteiger partial charge is 0.310 e. The van der Waals surface area contributed by atoms with Crippen LogP contribution in [0.15, 0.2) is 18.5 Å². The molecule has 2 rings (SSSR count). The van der Waals surface area contributed by atoms with Crippen LogP contribution in [0.25, 0.3) is 0 Å². The van der Waals surface area contributed by atoms with Gasteiger partial charge in [0.1, 0.15) is 11.9 Å². The van der Waals surface area contributed by atoms with Crippen molar-refractivity contribution in [2.45, 2.75) is 26.2 Å². The van der Waals surface area contributed by atoms with Crippen LogP contribution in [-0.4, -0.2) is 41.0 Å². The van der Waals surface area contributed by atoms with Crippen LogP contribution in [0, 0.1) is 16.0 Å². The standard InChI is InChI=1S/C14H22N4O2/c1-12(11-17-7-3-2-4-8-17)9-16-13-5-6-15-10-14(13)18(19)20/h5-6,10,12H,2-4,7-9,11H2,1H3,(H,15,16). The molecule has 1 aliphatic heterocycles. The molecule has 1 unspecified atom stereocenters. The quantitative estimate of drug-likeness (QED) is 0.639. The van der Waals surface area contributed by atoms with Gasteiger partial charge in [0, 0.05) is 19.3 Å². The molecule has 0 saturated carbocycles. The second kappa shape index (κ2) is 7.19. The summed E-state index contributed by atoms with van der Waals surface area (Å²) < 4.78 is 0. The fourth-order valence-corrected chi connectivity index (χ4v) is 2.61. The molecule has 0 aromatic carbocycles. The summed E-state index contributed by atoms with van der Waals surface area (Å²) in [6, 6.07) is 1.66. The van der Waals surface area contributed by atoms with E-state index >= 15 is 0 Å². The van der Waals surface area contributed by atoms with E-state index in [1.165, 1.54) is 38.5 Å². The Kier molecular flexibility index (Phi) is 5.29. The molecule has 0 amide bonds. The van der Waals surface area contributed by atoms with Gasteiger partial charge >= 0.3 is 5.69 Å². The Morgan fingerprint density at radius 3 is 2.90 bits per heavy atom. The second-order valence-electron chi connectivity index (χ2n) is 5.50. The van der Waals surface area contributed by atoms with Crippen molar-refractivity contribution in [3.63, 3.8) is 0 Å². The van der Waals surface area contributed by atoms with Crippen molar-refractivity contribution >= 4 is 11.4 Å². The first-order chi connectivity index (χ1) is 9.66. The van der Waals surface area contributed by atoms with E-state index in [1.807, 2.05) is 0 Å². The number of nitro groups is 1. The van der Waals surface area contributed by atoms with E-state index in [9.17, 15) is 10.1 Å². The maximum absolute atomic E-state index is 10.9. The fourth-order valence-electron chi connectivity index (χ4n) is 2.61. The highest BCUT2D eigenvalue weighted by Crippen LogP contribution is 2.22. The zero-order valence-corrected chi connectivity index (χ0v) is 11.9. The predicted octanol–water partition coefficient (Wildman–Crippen LogP) is 2.52. The van der Waals surface area contributed by atoms with Crippen LogP contribution in [0.2, 0.25) is 0 Å². The van der Waals surface area contributed by atoms with Crippen LogP contribution in [-0.2, 0) is 0 Å². The number of pyridine rings is 1. The lowest BCUT2D eigenvalue weighted by Crippen LogP contribution is -2.35. The summed E-state index contributed by atoms with van der Waals surface area (Å²) >= 11 is 0. The van der Waals surface area contributed by atoms with Gasteiger partial charge in [-0.25, -0.2) is 0 Å². The van der Waals surface area contributed by atoms with Crippen LogP contribution >= 0.6 is 0 Å². The van der Waals surface area contributed by atoms with Gasteiger partial charge in [-0.15, -0.1) is 0 Å². The van der Waals surface area contributed by atoms with E-state index in [-0.39, 0.29) is 5.69 Å². The normalized spacial score (nSPS) is 17.6. The topological polar surface area (TPSA) is 71.3 Å². The van der Waals surface area contributed by atoms with Crippen LogP contribution < -0.4 is 5.32 Å². The van der Waals surface area contributed by atoms with Crippen molar-refractivity contribution < 1.29 is 4.92 Å². The van der Waals surface area contributed by atoms with Gasteiger partial charge < -0.3 is 10.2 Å². The van der Waals surface area contributed by atoms with Crippen molar-refractivity contribution in [1.82, 2.24) is 9.88 Å². The summed E-state index contributed by atoms with van der Waals surface area (Å²) in [5.41, 5.74) is 0.591. The SMILES string of the molecule is CC(CNc1ccncc1[N+](=O)[O-])CN1CCCCC1. The molecule has 1 saturated heterocycles. The number of piperidine rings is 1. The van der Waals surface area contributed by atoms with E-state index in [0.717, 1.165) is 13.1 Å². The van der Waals surface area contributed by atoms with Gasteiger partial charge in [-0.2, -0.15) is 0 Å². The first-order valence-corrected chi connectivity index (χ1v) is 7.21. The molecule has 1 aromatic heterocycles. The molecule has 0 bridgehead atoms. The number of nitrogens with zero attached hydrogens (tertiary/aromatic N) is 3. The lowest BCUT2D eigenvalue weighted by atomic mass is 10.1. The van der Waals surface area contributed by atoms with Gasteiger partial charge in [0.15, 0.2) is 0 Å². The number of aromatic nitrogens is 1. The van der Waals surface area contributed by atoms with Crippen molar-refractivity contribution in [1.29, 1.82) is 0 Å². The van der Waals surface area contributed by atoms with Crippen LogP contribution in [0.4, 0.5) is 11.4 Å². The molecule has 6 nitrogen and oxygen atoms in total. The second-order valence-corrected chi connectivity index (χ2v) is 5.50. The van der Waals surface area contributed by atoms with Crippen LogP contribution in [0.5, 0.6) is 0 Å². The minimum atomic E-state index is -0.398. The summed E-state index contributed by atoms with van der Waals surface area (Å²) in [5, 5.41) is 14.1. The van der Waals surface area contributed by atoms with E-state index in [1.54, 1.807) is 12.3 Å². The highest BCUT2D eigenvalue weighted by atomic mass is 16.6. The molecule has 6 heteroatoms. The molecule has 110 valence electrons. The first kappa shape index (κ1) is 14.7. The number of anilines is 1. The third-order valence-corrected chi connectivity index (χ3v) is 3.66. The minimum absolute atomic E-state index is 0.0395.